The number of rotatable bonds is 12. The Hall–Kier alpha value is -3.18. The topological polar surface area (TPSA) is 172 Å². The number of unbranched alkanes of at least 4 members (excludes halogenated alkanes) is 6. The highest BCUT2D eigenvalue weighted by Gasteiger charge is 2.34. The maximum absolute atomic E-state index is 13.3. The second kappa shape index (κ2) is 20.8. The molecular formula is C33H59N5O7. The molecule has 6 unspecified atom stereocenters. The Morgan fingerprint density at radius 3 is 1.80 bits per heavy atom. The number of carbonyl (C=O) groups is 6. The Balaban J connectivity index is 3.27. The van der Waals surface area contributed by atoms with Crippen molar-refractivity contribution in [2.24, 2.45) is 17.8 Å². The predicted molar refractivity (Wildman–Crippen MR) is 173 cm³/mol. The maximum Gasteiger partial charge on any atom is 0.329 e. The molecule has 1 aliphatic rings. The van der Waals surface area contributed by atoms with Crippen LogP contribution >= 0.6 is 0 Å². The van der Waals surface area contributed by atoms with Gasteiger partial charge in [0.15, 0.2) is 0 Å². The van der Waals surface area contributed by atoms with Crippen LogP contribution < -0.4 is 26.6 Å². The Morgan fingerprint density at radius 1 is 0.667 bits per heavy atom. The molecule has 0 aromatic rings. The lowest BCUT2D eigenvalue weighted by atomic mass is 9.96. The highest BCUT2D eigenvalue weighted by atomic mass is 16.5. The number of hydrogen-bond donors (Lipinski definition) is 5. The lowest BCUT2D eigenvalue weighted by Gasteiger charge is -2.29. The fourth-order valence-corrected chi connectivity index (χ4v) is 5.08. The van der Waals surface area contributed by atoms with E-state index in [4.69, 9.17) is 4.74 Å². The van der Waals surface area contributed by atoms with Crippen LogP contribution in [0.15, 0.2) is 0 Å². The molecule has 1 aliphatic heterocycles. The minimum absolute atomic E-state index is 0.148. The Labute approximate surface area is 269 Å². The molecule has 0 aliphatic carbocycles. The van der Waals surface area contributed by atoms with E-state index in [1.165, 1.54) is 19.8 Å². The van der Waals surface area contributed by atoms with Gasteiger partial charge in [-0.05, 0) is 37.5 Å². The van der Waals surface area contributed by atoms with Gasteiger partial charge in [0.1, 0.15) is 30.3 Å². The van der Waals surface area contributed by atoms with E-state index in [-0.39, 0.29) is 30.7 Å². The summed E-state index contributed by atoms with van der Waals surface area (Å²) in [5.74, 6) is -4.33. The van der Waals surface area contributed by atoms with Gasteiger partial charge in [0.2, 0.25) is 29.5 Å². The lowest BCUT2D eigenvalue weighted by Crippen LogP contribution is -2.60. The zero-order chi connectivity index (χ0) is 34.1. The van der Waals surface area contributed by atoms with Crippen LogP contribution in [0.3, 0.4) is 0 Å². The van der Waals surface area contributed by atoms with Gasteiger partial charge >= 0.3 is 5.97 Å². The van der Waals surface area contributed by atoms with Crippen molar-refractivity contribution in [1.29, 1.82) is 0 Å². The molecule has 258 valence electrons. The maximum atomic E-state index is 13.3. The van der Waals surface area contributed by atoms with Crippen LogP contribution in [0.1, 0.15) is 120 Å². The van der Waals surface area contributed by atoms with E-state index in [0.29, 0.717) is 12.8 Å². The van der Waals surface area contributed by atoms with Crippen molar-refractivity contribution in [3.05, 3.63) is 0 Å². The van der Waals surface area contributed by atoms with Crippen LogP contribution in [-0.2, 0) is 33.5 Å². The van der Waals surface area contributed by atoms with Crippen LogP contribution in [0.2, 0.25) is 0 Å². The van der Waals surface area contributed by atoms with Crippen LogP contribution in [0.4, 0.5) is 0 Å². The largest absolute Gasteiger partial charge is 0.460 e. The number of ether oxygens (including phenoxy) is 1. The molecular weight excluding hydrogens is 578 g/mol. The minimum atomic E-state index is -1.02. The average molecular weight is 638 g/mol. The fraction of sp³-hybridized carbons (Fsp3) is 0.818. The molecule has 12 heteroatoms. The summed E-state index contributed by atoms with van der Waals surface area (Å²) in [7, 11) is 0. The van der Waals surface area contributed by atoms with Crippen LogP contribution in [0.25, 0.3) is 0 Å². The number of carbonyl (C=O) groups excluding carboxylic acids is 6. The van der Waals surface area contributed by atoms with E-state index >= 15 is 0 Å². The van der Waals surface area contributed by atoms with E-state index in [2.05, 4.69) is 33.5 Å². The van der Waals surface area contributed by atoms with Crippen molar-refractivity contribution in [3.63, 3.8) is 0 Å². The first-order valence-corrected chi connectivity index (χ1v) is 16.9. The van der Waals surface area contributed by atoms with Gasteiger partial charge in [0, 0.05) is 0 Å². The molecule has 0 spiro atoms. The van der Waals surface area contributed by atoms with E-state index in [0.717, 1.165) is 32.1 Å². The number of hydrogen-bond acceptors (Lipinski definition) is 7. The summed E-state index contributed by atoms with van der Waals surface area (Å²) in [4.78, 5) is 78.8. The average Bonchev–Trinajstić information content (AvgIpc) is 2.97. The molecule has 12 nitrogen and oxygen atoms in total. The van der Waals surface area contributed by atoms with Crippen molar-refractivity contribution < 1.29 is 33.5 Å². The third kappa shape index (κ3) is 14.6. The van der Waals surface area contributed by atoms with Gasteiger partial charge in [-0.2, -0.15) is 0 Å². The first-order chi connectivity index (χ1) is 21.2. The van der Waals surface area contributed by atoms with E-state index in [1.807, 2.05) is 6.92 Å². The minimum Gasteiger partial charge on any atom is -0.460 e. The molecule has 1 heterocycles. The molecule has 1 saturated heterocycles. The molecule has 6 atom stereocenters. The van der Waals surface area contributed by atoms with Gasteiger partial charge in [0.25, 0.3) is 0 Å². The molecule has 0 radical (unpaired) electrons. The van der Waals surface area contributed by atoms with Crippen molar-refractivity contribution in [2.45, 2.75) is 150 Å². The second-order valence-corrected chi connectivity index (χ2v) is 13.1. The normalized spacial score (nSPS) is 25.6. The highest BCUT2D eigenvalue weighted by molar-refractivity contribution is 5.95. The SMILES string of the molecule is CCCCCCCCCC1CC(=O)NCC(=O)NC(C(C)C)C(=O)NC(C(C)CC)C(=O)NC(C)C(=O)NC(C(C)C)C(=O)O1. The van der Waals surface area contributed by atoms with Crippen molar-refractivity contribution in [3.8, 4) is 0 Å². The summed E-state index contributed by atoms with van der Waals surface area (Å²) in [5, 5.41) is 13.3. The monoisotopic (exact) mass is 637 g/mol. The smallest absolute Gasteiger partial charge is 0.329 e. The Morgan fingerprint density at radius 2 is 1.22 bits per heavy atom. The number of cyclic esters (lactones) is 1. The van der Waals surface area contributed by atoms with Gasteiger partial charge in [0.05, 0.1) is 13.0 Å². The lowest BCUT2D eigenvalue weighted by molar-refractivity contribution is -0.156. The van der Waals surface area contributed by atoms with Crippen molar-refractivity contribution in [2.75, 3.05) is 6.54 Å². The van der Waals surface area contributed by atoms with E-state index in [1.54, 1.807) is 34.6 Å². The summed E-state index contributed by atoms with van der Waals surface area (Å²) < 4.78 is 5.81. The quantitative estimate of drug-likeness (QED) is 0.162. The standard InChI is InChI=1S/C33H59N5O7/c1-9-11-12-13-14-15-16-17-24-18-25(39)34-19-26(40)36-27(20(3)4)31(42)38-29(22(7)10-2)32(43)35-23(8)30(41)37-28(21(5)6)33(44)45-24/h20-24,27-29H,9-19H2,1-8H3,(H,34,39)(H,35,43)(H,36,40)(H,37,41)(H,38,42). The zero-order valence-electron chi connectivity index (χ0n) is 28.8. The summed E-state index contributed by atoms with van der Waals surface area (Å²) in [5.41, 5.74) is 0. The molecule has 0 bridgehead atoms. The molecule has 45 heavy (non-hydrogen) atoms. The summed E-state index contributed by atoms with van der Waals surface area (Å²) in [6.45, 7) is 14.0. The number of amides is 5. The van der Waals surface area contributed by atoms with Gasteiger partial charge in [-0.15, -0.1) is 0 Å². The third-order valence-corrected chi connectivity index (χ3v) is 8.30. The molecule has 5 amide bonds. The van der Waals surface area contributed by atoms with Gasteiger partial charge in [-0.1, -0.05) is 93.4 Å². The highest BCUT2D eigenvalue weighted by Crippen LogP contribution is 2.16. The van der Waals surface area contributed by atoms with Crippen LogP contribution in [-0.4, -0.2) is 72.3 Å². The fourth-order valence-electron chi connectivity index (χ4n) is 5.08. The predicted octanol–water partition coefficient (Wildman–Crippen LogP) is 2.88. The molecule has 0 saturated carbocycles. The Bertz CT molecular complexity index is 986. The third-order valence-electron chi connectivity index (χ3n) is 8.30. The first-order valence-electron chi connectivity index (χ1n) is 16.9. The zero-order valence-corrected chi connectivity index (χ0v) is 28.8. The number of nitrogens with one attached hydrogen (secondary N) is 5. The first kappa shape index (κ1) is 39.8. The summed E-state index contributed by atoms with van der Waals surface area (Å²) >= 11 is 0. The van der Waals surface area contributed by atoms with Gasteiger partial charge < -0.3 is 31.3 Å². The van der Waals surface area contributed by atoms with E-state index < -0.39 is 65.8 Å². The van der Waals surface area contributed by atoms with E-state index in [9.17, 15) is 28.8 Å². The van der Waals surface area contributed by atoms with Crippen LogP contribution in [0, 0.1) is 17.8 Å². The molecule has 5 N–H and O–H groups in total. The molecule has 1 rings (SSSR count). The number of esters is 1. The van der Waals surface area contributed by atoms with Crippen LogP contribution in [0.5, 0.6) is 0 Å². The Kier molecular flexibility index (Phi) is 18.4. The molecule has 0 aromatic carbocycles. The summed E-state index contributed by atoms with van der Waals surface area (Å²) in [6, 6.07) is -3.97. The molecule has 1 fully saturated rings. The molecule has 0 aromatic heterocycles. The van der Waals surface area contributed by atoms with Crippen molar-refractivity contribution >= 4 is 35.5 Å². The van der Waals surface area contributed by atoms with Gasteiger partial charge in [-0.3, -0.25) is 24.0 Å². The summed E-state index contributed by atoms with van der Waals surface area (Å²) in [6.07, 6.45) is 7.49. The van der Waals surface area contributed by atoms with Gasteiger partial charge in [-0.25, -0.2) is 4.79 Å². The van der Waals surface area contributed by atoms with Crippen molar-refractivity contribution in [1.82, 2.24) is 26.6 Å². The second-order valence-electron chi connectivity index (χ2n) is 13.1.